The van der Waals surface area contributed by atoms with Crippen molar-refractivity contribution in [3.63, 3.8) is 0 Å². The number of hydrogen-bond acceptors (Lipinski definition) is 4. The topological polar surface area (TPSA) is 76.0 Å². The van der Waals surface area contributed by atoms with Gasteiger partial charge in [0.15, 0.2) is 0 Å². The Hall–Kier alpha value is -3.06. The normalized spacial score (nSPS) is 13.4. The highest BCUT2D eigenvalue weighted by atomic mass is 19.1. The van der Waals surface area contributed by atoms with Crippen LogP contribution in [0.15, 0.2) is 41.2 Å². The van der Waals surface area contributed by atoms with Crippen LogP contribution in [0.2, 0.25) is 0 Å². The average molecular weight is 366 g/mol. The fourth-order valence-corrected chi connectivity index (χ4v) is 3.48. The van der Waals surface area contributed by atoms with E-state index in [4.69, 9.17) is 0 Å². The van der Waals surface area contributed by atoms with E-state index >= 15 is 0 Å². The predicted molar refractivity (Wildman–Crippen MR) is 101 cm³/mol. The average Bonchev–Trinajstić information content (AvgIpc) is 2.68. The maximum Gasteiger partial charge on any atom is 0.274 e. The number of fused-ring (bicyclic) bond motifs is 2. The van der Waals surface area contributed by atoms with Gasteiger partial charge in [0, 0.05) is 19.0 Å². The van der Waals surface area contributed by atoms with Crippen LogP contribution in [0, 0.1) is 5.82 Å². The molecule has 27 heavy (non-hydrogen) atoms. The summed E-state index contributed by atoms with van der Waals surface area (Å²) in [4.78, 5) is 24.7. The molecule has 0 unspecified atom stereocenters. The van der Waals surface area contributed by atoms with Crippen LogP contribution in [0.3, 0.4) is 0 Å². The fourth-order valence-electron chi connectivity index (χ4n) is 3.48. The summed E-state index contributed by atoms with van der Waals surface area (Å²) in [5.41, 5.74) is 2.01. The lowest BCUT2D eigenvalue weighted by molar-refractivity contribution is -0.115. The fraction of sp³-hybridized carbons (Fsp3) is 0.250. The van der Waals surface area contributed by atoms with Crippen LogP contribution in [0.1, 0.15) is 16.8 Å². The number of rotatable bonds is 3. The third kappa shape index (κ3) is 3.21. The first-order valence-electron chi connectivity index (χ1n) is 8.80. The van der Waals surface area contributed by atoms with Crippen LogP contribution in [-0.2, 0) is 31.2 Å². The first-order valence-corrected chi connectivity index (χ1v) is 8.80. The summed E-state index contributed by atoms with van der Waals surface area (Å²) in [6.45, 7) is 1.35. The van der Waals surface area contributed by atoms with Crippen molar-refractivity contribution >= 4 is 22.4 Å². The van der Waals surface area contributed by atoms with Gasteiger partial charge in [-0.15, -0.1) is 0 Å². The Kier molecular flexibility index (Phi) is 4.45. The first-order chi connectivity index (χ1) is 13.0. The molecule has 2 aromatic carbocycles. The number of carbonyl (C=O) groups is 1. The van der Waals surface area contributed by atoms with E-state index < -0.39 is 0 Å². The van der Waals surface area contributed by atoms with Gasteiger partial charge in [0.05, 0.1) is 23.2 Å². The number of aryl methyl sites for hydroxylation is 1. The standard InChI is InChI=1S/C20H19FN4O2/c1-25-20(27)15-5-3-2-4-14(15)17(24-25)10-18(26)23-16-7-6-12-11-22-9-8-13(12)19(16)21/h2-7,22H,8-11H2,1H3,(H,23,26). The van der Waals surface area contributed by atoms with Gasteiger partial charge in [0.1, 0.15) is 5.82 Å². The molecule has 6 nitrogen and oxygen atoms in total. The summed E-state index contributed by atoms with van der Waals surface area (Å²) in [6.07, 6.45) is 0.546. The van der Waals surface area contributed by atoms with E-state index in [2.05, 4.69) is 15.7 Å². The molecule has 0 atom stereocenters. The van der Waals surface area contributed by atoms with Gasteiger partial charge in [-0.05, 0) is 36.2 Å². The zero-order valence-electron chi connectivity index (χ0n) is 14.9. The Morgan fingerprint density at radius 3 is 2.85 bits per heavy atom. The van der Waals surface area contributed by atoms with E-state index in [0.29, 0.717) is 35.0 Å². The van der Waals surface area contributed by atoms with Gasteiger partial charge in [-0.2, -0.15) is 5.10 Å². The molecule has 3 aromatic rings. The molecule has 0 radical (unpaired) electrons. The number of carbonyl (C=O) groups excluding carboxylic acids is 1. The van der Waals surface area contributed by atoms with Gasteiger partial charge in [0.25, 0.3) is 5.56 Å². The number of nitrogens with zero attached hydrogens (tertiary/aromatic N) is 2. The van der Waals surface area contributed by atoms with Crippen molar-refractivity contribution in [3.8, 4) is 0 Å². The molecule has 0 fully saturated rings. The molecular formula is C20H19FN4O2. The summed E-state index contributed by atoms with van der Waals surface area (Å²) in [7, 11) is 1.55. The quantitative estimate of drug-likeness (QED) is 0.742. The maximum absolute atomic E-state index is 14.7. The lowest BCUT2D eigenvalue weighted by Gasteiger charge is -2.19. The van der Waals surface area contributed by atoms with Gasteiger partial charge in [-0.25, -0.2) is 9.07 Å². The van der Waals surface area contributed by atoms with Crippen molar-refractivity contribution in [1.29, 1.82) is 0 Å². The maximum atomic E-state index is 14.7. The number of hydrogen-bond donors (Lipinski definition) is 2. The molecular weight excluding hydrogens is 347 g/mol. The van der Waals surface area contributed by atoms with Crippen molar-refractivity contribution in [2.24, 2.45) is 7.05 Å². The zero-order chi connectivity index (χ0) is 19.0. The molecule has 0 saturated carbocycles. The number of nitrogens with one attached hydrogen (secondary N) is 2. The summed E-state index contributed by atoms with van der Waals surface area (Å²) in [5, 5.41) is 11.2. The van der Waals surface area contributed by atoms with Gasteiger partial charge >= 0.3 is 0 Å². The molecule has 138 valence electrons. The van der Waals surface area contributed by atoms with Gasteiger partial charge in [-0.3, -0.25) is 9.59 Å². The molecule has 4 rings (SSSR count). The molecule has 2 N–H and O–H groups in total. The minimum absolute atomic E-state index is 0.0489. The first kappa shape index (κ1) is 17.4. The van der Waals surface area contributed by atoms with Crippen molar-refractivity contribution < 1.29 is 9.18 Å². The summed E-state index contributed by atoms with van der Waals surface area (Å²) < 4.78 is 15.9. The number of halogens is 1. The van der Waals surface area contributed by atoms with Gasteiger partial charge < -0.3 is 10.6 Å². The predicted octanol–water partition coefficient (Wildman–Crippen LogP) is 1.90. The molecule has 7 heteroatoms. The molecule has 0 aliphatic carbocycles. The second-order valence-electron chi connectivity index (χ2n) is 6.64. The molecule has 0 bridgehead atoms. The second kappa shape index (κ2) is 6.92. The molecule has 2 heterocycles. The Labute approximate surface area is 155 Å². The summed E-state index contributed by atoms with van der Waals surface area (Å²) >= 11 is 0. The van der Waals surface area contributed by atoms with E-state index in [-0.39, 0.29) is 29.4 Å². The monoisotopic (exact) mass is 366 g/mol. The van der Waals surface area contributed by atoms with E-state index in [0.717, 1.165) is 12.1 Å². The van der Waals surface area contributed by atoms with Crippen molar-refractivity contribution in [2.75, 3.05) is 11.9 Å². The number of anilines is 1. The van der Waals surface area contributed by atoms with Crippen molar-refractivity contribution in [3.05, 3.63) is 69.4 Å². The molecule has 1 aromatic heterocycles. The molecule has 1 aliphatic rings. The van der Waals surface area contributed by atoms with E-state index in [1.165, 1.54) is 4.68 Å². The Morgan fingerprint density at radius 2 is 2.04 bits per heavy atom. The third-order valence-electron chi connectivity index (χ3n) is 4.84. The highest BCUT2D eigenvalue weighted by Gasteiger charge is 2.18. The molecule has 0 saturated heterocycles. The highest BCUT2D eigenvalue weighted by Crippen LogP contribution is 2.25. The largest absolute Gasteiger partial charge is 0.323 e. The summed E-state index contributed by atoms with van der Waals surface area (Å²) in [5.74, 6) is -0.750. The Balaban J connectivity index is 1.62. The van der Waals surface area contributed by atoms with Crippen LogP contribution in [0.4, 0.5) is 10.1 Å². The second-order valence-corrected chi connectivity index (χ2v) is 6.64. The van der Waals surface area contributed by atoms with Crippen LogP contribution >= 0.6 is 0 Å². The number of benzene rings is 2. The van der Waals surface area contributed by atoms with Crippen LogP contribution < -0.4 is 16.2 Å². The molecule has 1 amide bonds. The van der Waals surface area contributed by atoms with Crippen molar-refractivity contribution in [2.45, 2.75) is 19.4 Å². The SMILES string of the molecule is Cn1nc(CC(=O)Nc2ccc3c(c2F)CCNC3)c2ccccc2c1=O. The highest BCUT2D eigenvalue weighted by molar-refractivity contribution is 5.95. The Bertz CT molecular complexity index is 1110. The Morgan fingerprint density at radius 1 is 1.26 bits per heavy atom. The lowest BCUT2D eigenvalue weighted by atomic mass is 9.99. The van der Waals surface area contributed by atoms with E-state index in [1.807, 2.05) is 6.07 Å². The minimum atomic E-state index is -0.376. The van der Waals surface area contributed by atoms with Gasteiger partial charge in [0.2, 0.25) is 5.91 Å². The summed E-state index contributed by atoms with van der Waals surface area (Å²) in [6, 6.07) is 10.5. The molecule has 0 spiro atoms. The van der Waals surface area contributed by atoms with Crippen LogP contribution in [0.25, 0.3) is 10.8 Å². The van der Waals surface area contributed by atoms with Crippen LogP contribution in [0.5, 0.6) is 0 Å². The van der Waals surface area contributed by atoms with E-state index in [9.17, 15) is 14.0 Å². The minimum Gasteiger partial charge on any atom is -0.323 e. The lowest BCUT2D eigenvalue weighted by Crippen LogP contribution is -2.26. The number of amides is 1. The zero-order valence-corrected chi connectivity index (χ0v) is 14.9. The number of aromatic nitrogens is 2. The smallest absolute Gasteiger partial charge is 0.274 e. The van der Waals surface area contributed by atoms with Crippen LogP contribution in [-0.4, -0.2) is 22.2 Å². The van der Waals surface area contributed by atoms with Gasteiger partial charge in [-0.1, -0.05) is 24.3 Å². The third-order valence-corrected chi connectivity index (χ3v) is 4.84. The van der Waals surface area contributed by atoms with E-state index in [1.54, 1.807) is 37.4 Å². The van der Waals surface area contributed by atoms with Crippen molar-refractivity contribution in [1.82, 2.24) is 15.1 Å². The molecule has 1 aliphatic heterocycles.